The minimum Gasteiger partial charge on any atom is -0.356 e. The SMILES string of the molecule is CCCNC(=O)C1(C)CCC1C. The highest BCUT2D eigenvalue weighted by atomic mass is 16.2. The number of hydrogen-bond acceptors (Lipinski definition) is 1. The number of nitrogens with one attached hydrogen (secondary N) is 1. The predicted molar refractivity (Wildman–Crippen MR) is 49.8 cm³/mol. The van der Waals surface area contributed by atoms with Crippen LogP contribution in [-0.2, 0) is 4.79 Å². The Morgan fingerprint density at radius 1 is 1.67 bits per heavy atom. The van der Waals surface area contributed by atoms with Crippen molar-refractivity contribution in [3.63, 3.8) is 0 Å². The zero-order chi connectivity index (χ0) is 9.19. The van der Waals surface area contributed by atoms with Crippen LogP contribution in [-0.4, -0.2) is 12.5 Å². The average Bonchev–Trinajstić information content (AvgIpc) is 2.10. The first-order chi connectivity index (χ1) is 5.61. The lowest BCUT2D eigenvalue weighted by atomic mass is 9.61. The van der Waals surface area contributed by atoms with Crippen molar-refractivity contribution < 1.29 is 4.79 Å². The van der Waals surface area contributed by atoms with Gasteiger partial charge in [-0.25, -0.2) is 0 Å². The molecule has 1 saturated carbocycles. The molecular weight excluding hydrogens is 150 g/mol. The Labute approximate surface area is 74.7 Å². The quantitative estimate of drug-likeness (QED) is 0.687. The monoisotopic (exact) mass is 169 g/mol. The first kappa shape index (κ1) is 9.56. The molecular formula is C10H19NO. The molecule has 0 saturated heterocycles. The van der Waals surface area contributed by atoms with Crippen LogP contribution in [0.3, 0.4) is 0 Å². The Morgan fingerprint density at radius 2 is 2.33 bits per heavy atom. The first-order valence-electron chi connectivity index (χ1n) is 4.89. The van der Waals surface area contributed by atoms with Gasteiger partial charge >= 0.3 is 0 Å². The van der Waals surface area contributed by atoms with Gasteiger partial charge in [0.1, 0.15) is 0 Å². The topological polar surface area (TPSA) is 29.1 Å². The third-order valence-corrected chi connectivity index (χ3v) is 3.24. The molecule has 1 rings (SSSR count). The standard InChI is InChI=1S/C10H19NO/c1-4-7-11-9(12)10(3)6-5-8(10)2/h8H,4-7H2,1-3H3,(H,11,12). The van der Waals surface area contributed by atoms with E-state index in [-0.39, 0.29) is 11.3 Å². The fourth-order valence-corrected chi connectivity index (χ4v) is 1.64. The summed E-state index contributed by atoms with van der Waals surface area (Å²) < 4.78 is 0. The van der Waals surface area contributed by atoms with Gasteiger partial charge in [0.2, 0.25) is 5.91 Å². The average molecular weight is 169 g/mol. The van der Waals surface area contributed by atoms with Gasteiger partial charge in [0.25, 0.3) is 0 Å². The molecule has 1 fully saturated rings. The molecule has 1 N–H and O–H groups in total. The van der Waals surface area contributed by atoms with E-state index in [2.05, 4.69) is 26.1 Å². The van der Waals surface area contributed by atoms with Crippen molar-refractivity contribution in [2.75, 3.05) is 6.54 Å². The van der Waals surface area contributed by atoms with Crippen molar-refractivity contribution in [1.29, 1.82) is 0 Å². The van der Waals surface area contributed by atoms with Crippen molar-refractivity contribution in [3.8, 4) is 0 Å². The Bertz CT molecular complexity index is 179. The minimum atomic E-state index is -0.0603. The Morgan fingerprint density at radius 3 is 2.67 bits per heavy atom. The maximum absolute atomic E-state index is 11.6. The summed E-state index contributed by atoms with van der Waals surface area (Å²) in [4.78, 5) is 11.6. The highest BCUT2D eigenvalue weighted by molar-refractivity contribution is 5.83. The highest BCUT2D eigenvalue weighted by Gasteiger charge is 2.45. The van der Waals surface area contributed by atoms with E-state index in [0.29, 0.717) is 5.92 Å². The molecule has 0 radical (unpaired) electrons. The van der Waals surface area contributed by atoms with Crippen molar-refractivity contribution in [1.82, 2.24) is 5.32 Å². The van der Waals surface area contributed by atoms with E-state index in [1.54, 1.807) is 0 Å². The van der Waals surface area contributed by atoms with E-state index < -0.39 is 0 Å². The molecule has 1 aliphatic carbocycles. The van der Waals surface area contributed by atoms with Crippen LogP contribution >= 0.6 is 0 Å². The second kappa shape index (κ2) is 3.46. The Hall–Kier alpha value is -0.530. The van der Waals surface area contributed by atoms with Crippen LogP contribution in [0.2, 0.25) is 0 Å². The summed E-state index contributed by atoms with van der Waals surface area (Å²) in [6.07, 6.45) is 3.29. The summed E-state index contributed by atoms with van der Waals surface area (Å²) >= 11 is 0. The molecule has 1 amide bonds. The maximum Gasteiger partial charge on any atom is 0.226 e. The molecule has 2 unspecified atom stereocenters. The number of carbonyl (C=O) groups excluding carboxylic acids is 1. The van der Waals surface area contributed by atoms with Gasteiger partial charge in [-0.2, -0.15) is 0 Å². The molecule has 0 aromatic rings. The van der Waals surface area contributed by atoms with Crippen LogP contribution in [0, 0.1) is 11.3 Å². The zero-order valence-corrected chi connectivity index (χ0v) is 8.31. The lowest BCUT2D eigenvalue weighted by Gasteiger charge is -2.43. The summed E-state index contributed by atoms with van der Waals surface area (Å²) in [7, 11) is 0. The normalized spacial score (nSPS) is 34.1. The summed E-state index contributed by atoms with van der Waals surface area (Å²) in [6.45, 7) is 7.13. The van der Waals surface area contributed by atoms with Gasteiger partial charge in [-0.1, -0.05) is 20.8 Å². The van der Waals surface area contributed by atoms with Crippen molar-refractivity contribution >= 4 is 5.91 Å². The Balaban J connectivity index is 2.40. The summed E-state index contributed by atoms with van der Waals surface area (Å²) in [5.41, 5.74) is -0.0603. The molecule has 70 valence electrons. The molecule has 12 heavy (non-hydrogen) atoms. The van der Waals surface area contributed by atoms with E-state index in [1.807, 2.05) is 0 Å². The lowest BCUT2D eigenvalue weighted by Crippen LogP contribution is -2.49. The van der Waals surface area contributed by atoms with Crippen molar-refractivity contribution in [2.24, 2.45) is 11.3 Å². The number of hydrogen-bond donors (Lipinski definition) is 1. The third-order valence-electron chi connectivity index (χ3n) is 3.24. The molecule has 0 aromatic heterocycles. The van der Waals surface area contributed by atoms with E-state index >= 15 is 0 Å². The largest absolute Gasteiger partial charge is 0.356 e. The second-order valence-electron chi connectivity index (χ2n) is 4.11. The molecule has 2 atom stereocenters. The molecule has 1 aliphatic rings. The minimum absolute atomic E-state index is 0.0603. The third kappa shape index (κ3) is 1.47. The second-order valence-corrected chi connectivity index (χ2v) is 4.11. The van der Waals surface area contributed by atoms with Gasteiger partial charge in [0, 0.05) is 12.0 Å². The molecule has 0 aliphatic heterocycles. The fraction of sp³-hybridized carbons (Fsp3) is 0.900. The zero-order valence-electron chi connectivity index (χ0n) is 8.31. The van der Waals surface area contributed by atoms with Gasteiger partial charge in [-0.05, 0) is 25.2 Å². The van der Waals surface area contributed by atoms with E-state index in [4.69, 9.17) is 0 Å². The lowest BCUT2D eigenvalue weighted by molar-refractivity contribution is -0.139. The molecule has 0 heterocycles. The Kier molecular flexibility index (Phi) is 2.76. The number of carbonyl (C=O) groups is 1. The van der Waals surface area contributed by atoms with E-state index in [0.717, 1.165) is 19.4 Å². The van der Waals surface area contributed by atoms with Crippen LogP contribution in [0.15, 0.2) is 0 Å². The van der Waals surface area contributed by atoms with Gasteiger partial charge in [0.15, 0.2) is 0 Å². The van der Waals surface area contributed by atoms with Crippen LogP contribution in [0.4, 0.5) is 0 Å². The summed E-state index contributed by atoms with van der Waals surface area (Å²) in [5.74, 6) is 0.817. The highest BCUT2D eigenvalue weighted by Crippen LogP contribution is 2.46. The van der Waals surface area contributed by atoms with E-state index in [1.165, 1.54) is 6.42 Å². The number of amides is 1. The van der Waals surface area contributed by atoms with Crippen LogP contribution in [0.25, 0.3) is 0 Å². The van der Waals surface area contributed by atoms with Gasteiger partial charge < -0.3 is 5.32 Å². The molecule has 0 bridgehead atoms. The van der Waals surface area contributed by atoms with Crippen LogP contribution in [0.5, 0.6) is 0 Å². The van der Waals surface area contributed by atoms with Gasteiger partial charge in [0.05, 0.1) is 0 Å². The van der Waals surface area contributed by atoms with Crippen LogP contribution < -0.4 is 5.32 Å². The predicted octanol–water partition coefficient (Wildman–Crippen LogP) is 1.95. The first-order valence-corrected chi connectivity index (χ1v) is 4.89. The number of rotatable bonds is 3. The molecule has 2 heteroatoms. The summed E-state index contributed by atoms with van der Waals surface area (Å²) in [6, 6.07) is 0. The van der Waals surface area contributed by atoms with Crippen LogP contribution in [0.1, 0.15) is 40.0 Å². The summed E-state index contributed by atoms with van der Waals surface area (Å²) in [5, 5.41) is 2.97. The van der Waals surface area contributed by atoms with E-state index in [9.17, 15) is 4.79 Å². The van der Waals surface area contributed by atoms with Crippen molar-refractivity contribution in [2.45, 2.75) is 40.0 Å². The smallest absolute Gasteiger partial charge is 0.226 e. The molecule has 0 spiro atoms. The fourth-order valence-electron chi connectivity index (χ4n) is 1.64. The van der Waals surface area contributed by atoms with Crippen molar-refractivity contribution in [3.05, 3.63) is 0 Å². The molecule has 0 aromatic carbocycles. The maximum atomic E-state index is 11.6. The van der Waals surface area contributed by atoms with Gasteiger partial charge in [-0.15, -0.1) is 0 Å². The molecule has 2 nitrogen and oxygen atoms in total. The van der Waals surface area contributed by atoms with Gasteiger partial charge in [-0.3, -0.25) is 4.79 Å².